The summed E-state index contributed by atoms with van der Waals surface area (Å²) in [6.45, 7) is 18.4. The molecule has 0 saturated carbocycles. The minimum Gasteiger partial charge on any atom is -0.369 e. The monoisotopic (exact) mass is 400 g/mol. The number of aryl methyl sites for hydroxylation is 1. The first-order valence-electron chi connectivity index (χ1n) is 11.4. The number of primary amides is 1. The number of nitrogens with zero attached hydrogens (tertiary/aromatic N) is 3. The molecule has 5 nitrogen and oxygen atoms in total. The van der Waals surface area contributed by atoms with Crippen LogP contribution in [0.2, 0.25) is 0 Å². The second kappa shape index (κ2) is 9.59. The normalized spacial score (nSPS) is 24.7. The third-order valence-corrected chi connectivity index (χ3v) is 7.32. The van der Waals surface area contributed by atoms with E-state index in [-0.39, 0.29) is 11.3 Å². The molecule has 0 spiro atoms. The van der Waals surface area contributed by atoms with Crippen molar-refractivity contribution < 1.29 is 4.79 Å². The number of hydrogen-bond acceptors (Lipinski definition) is 4. The molecule has 0 aromatic heterocycles. The van der Waals surface area contributed by atoms with Gasteiger partial charge in [0, 0.05) is 45.8 Å². The lowest BCUT2D eigenvalue weighted by Crippen LogP contribution is -2.49. The molecule has 0 bridgehead atoms. The standard InChI is InChI=1S/C24H40N4O/c1-5-24(23(25)29)8-7-9-28(18-24)17-22-15-19(3)14-21(20(22)4)16-27-12-10-26(6-2)11-13-27/h14-15H,5-13,16-18H2,1-4H3,(H2,25,29). The molecule has 162 valence electrons. The van der Waals surface area contributed by atoms with Crippen LogP contribution in [-0.2, 0) is 17.9 Å². The summed E-state index contributed by atoms with van der Waals surface area (Å²) in [5.74, 6) is -0.127. The van der Waals surface area contributed by atoms with Crippen molar-refractivity contribution in [2.45, 2.75) is 60.0 Å². The van der Waals surface area contributed by atoms with Gasteiger partial charge in [-0.3, -0.25) is 14.6 Å². The Morgan fingerprint density at radius 2 is 1.55 bits per heavy atom. The van der Waals surface area contributed by atoms with Crippen molar-refractivity contribution in [2.75, 3.05) is 45.8 Å². The van der Waals surface area contributed by atoms with Crippen LogP contribution in [0.4, 0.5) is 0 Å². The number of amides is 1. The maximum Gasteiger partial charge on any atom is 0.224 e. The number of piperazine rings is 1. The smallest absolute Gasteiger partial charge is 0.224 e. The summed E-state index contributed by atoms with van der Waals surface area (Å²) in [4.78, 5) is 19.7. The van der Waals surface area contributed by atoms with Gasteiger partial charge in [0.1, 0.15) is 0 Å². The van der Waals surface area contributed by atoms with Gasteiger partial charge in [-0.05, 0) is 62.9 Å². The molecule has 1 aromatic rings. The molecular weight excluding hydrogens is 360 g/mol. The number of piperidine rings is 1. The highest BCUT2D eigenvalue weighted by atomic mass is 16.1. The molecule has 29 heavy (non-hydrogen) atoms. The van der Waals surface area contributed by atoms with Gasteiger partial charge in [-0.2, -0.15) is 0 Å². The van der Waals surface area contributed by atoms with Crippen molar-refractivity contribution in [3.05, 3.63) is 34.4 Å². The molecular formula is C24H40N4O. The summed E-state index contributed by atoms with van der Waals surface area (Å²) in [6, 6.07) is 4.70. The van der Waals surface area contributed by atoms with Gasteiger partial charge >= 0.3 is 0 Å². The van der Waals surface area contributed by atoms with Gasteiger partial charge < -0.3 is 10.6 Å². The predicted molar refractivity (Wildman–Crippen MR) is 120 cm³/mol. The quantitative estimate of drug-likeness (QED) is 0.765. The van der Waals surface area contributed by atoms with E-state index in [4.69, 9.17) is 5.73 Å². The van der Waals surface area contributed by atoms with Crippen molar-refractivity contribution in [2.24, 2.45) is 11.1 Å². The third-order valence-electron chi connectivity index (χ3n) is 7.32. The molecule has 1 aromatic carbocycles. The molecule has 1 atom stereocenters. The van der Waals surface area contributed by atoms with E-state index in [0.717, 1.165) is 65.1 Å². The zero-order valence-electron chi connectivity index (χ0n) is 19.0. The predicted octanol–water partition coefficient (Wildman–Crippen LogP) is 2.92. The number of benzene rings is 1. The van der Waals surface area contributed by atoms with E-state index in [1.54, 1.807) is 0 Å². The molecule has 0 aliphatic carbocycles. The van der Waals surface area contributed by atoms with Gasteiger partial charge in [0.05, 0.1) is 5.41 Å². The minimum atomic E-state index is -0.349. The first-order chi connectivity index (χ1) is 13.9. The van der Waals surface area contributed by atoms with Crippen LogP contribution < -0.4 is 5.73 Å². The maximum absolute atomic E-state index is 12.1. The maximum atomic E-state index is 12.1. The second-order valence-corrected chi connectivity index (χ2v) is 9.23. The van der Waals surface area contributed by atoms with Crippen molar-refractivity contribution in [3.8, 4) is 0 Å². The molecule has 2 aliphatic heterocycles. The zero-order chi connectivity index (χ0) is 21.0. The number of rotatable bonds is 7. The fourth-order valence-electron chi connectivity index (χ4n) is 5.11. The lowest BCUT2D eigenvalue weighted by Gasteiger charge is -2.40. The van der Waals surface area contributed by atoms with Crippen LogP contribution in [0.3, 0.4) is 0 Å². The van der Waals surface area contributed by atoms with Gasteiger partial charge in [0.2, 0.25) is 5.91 Å². The lowest BCUT2D eigenvalue weighted by molar-refractivity contribution is -0.131. The van der Waals surface area contributed by atoms with E-state index in [1.165, 1.54) is 35.3 Å². The minimum absolute atomic E-state index is 0.127. The van der Waals surface area contributed by atoms with Crippen molar-refractivity contribution in [3.63, 3.8) is 0 Å². The number of carbonyl (C=O) groups is 1. The molecule has 2 heterocycles. The topological polar surface area (TPSA) is 52.8 Å². The Morgan fingerprint density at radius 3 is 2.10 bits per heavy atom. The largest absolute Gasteiger partial charge is 0.369 e. The molecule has 2 aliphatic rings. The molecule has 2 saturated heterocycles. The second-order valence-electron chi connectivity index (χ2n) is 9.23. The van der Waals surface area contributed by atoms with Gasteiger partial charge in [0.25, 0.3) is 0 Å². The number of likely N-dealkylation sites (tertiary alicyclic amines) is 1. The first kappa shape index (κ1) is 22.3. The van der Waals surface area contributed by atoms with Crippen LogP contribution in [0.25, 0.3) is 0 Å². The van der Waals surface area contributed by atoms with Crippen molar-refractivity contribution >= 4 is 5.91 Å². The molecule has 1 amide bonds. The molecule has 2 fully saturated rings. The highest BCUT2D eigenvalue weighted by Gasteiger charge is 2.39. The number of carbonyl (C=O) groups excluding carboxylic acids is 1. The lowest BCUT2D eigenvalue weighted by atomic mass is 9.77. The van der Waals surface area contributed by atoms with Crippen LogP contribution in [0.5, 0.6) is 0 Å². The van der Waals surface area contributed by atoms with Crippen LogP contribution in [0.15, 0.2) is 12.1 Å². The summed E-state index contributed by atoms with van der Waals surface area (Å²) in [7, 11) is 0. The van der Waals surface area contributed by atoms with E-state index < -0.39 is 0 Å². The van der Waals surface area contributed by atoms with E-state index in [1.807, 2.05) is 0 Å². The van der Waals surface area contributed by atoms with E-state index in [0.29, 0.717) is 0 Å². The first-order valence-corrected chi connectivity index (χ1v) is 11.4. The van der Waals surface area contributed by atoms with Crippen LogP contribution in [0, 0.1) is 19.3 Å². The summed E-state index contributed by atoms with van der Waals surface area (Å²) in [5, 5.41) is 0. The summed E-state index contributed by atoms with van der Waals surface area (Å²) >= 11 is 0. The number of nitrogens with two attached hydrogens (primary N) is 1. The SMILES string of the molecule is CCN1CCN(Cc2cc(C)cc(CN3CCCC(CC)(C(N)=O)C3)c2C)CC1. The van der Waals surface area contributed by atoms with Gasteiger partial charge in [-0.1, -0.05) is 31.5 Å². The zero-order valence-corrected chi connectivity index (χ0v) is 19.0. The van der Waals surface area contributed by atoms with Crippen LogP contribution >= 0.6 is 0 Å². The summed E-state index contributed by atoms with van der Waals surface area (Å²) < 4.78 is 0. The Hall–Kier alpha value is -1.43. The highest BCUT2D eigenvalue weighted by molar-refractivity contribution is 5.81. The summed E-state index contributed by atoms with van der Waals surface area (Å²) in [5.41, 5.74) is 11.1. The van der Waals surface area contributed by atoms with Crippen molar-refractivity contribution in [1.29, 1.82) is 0 Å². The van der Waals surface area contributed by atoms with Crippen LogP contribution in [-0.4, -0.2) is 66.4 Å². The van der Waals surface area contributed by atoms with E-state index in [9.17, 15) is 4.79 Å². The summed E-state index contributed by atoms with van der Waals surface area (Å²) in [6.07, 6.45) is 2.81. The van der Waals surface area contributed by atoms with Gasteiger partial charge in [0.15, 0.2) is 0 Å². The van der Waals surface area contributed by atoms with E-state index >= 15 is 0 Å². The van der Waals surface area contributed by atoms with Crippen molar-refractivity contribution in [1.82, 2.24) is 14.7 Å². The molecule has 1 unspecified atom stereocenters. The van der Waals surface area contributed by atoms with Crippen LogP contribution in [0.1, 0.15) is 55.4 Å². The van der Waals surface area contributed by atoms with Gasteiger partial charge in [-0.25, -0.2) is 0 Å². The molecule has 3 rings (SSSR count). The molecule has 0 radical (unpaired) electrons. The molecule has 5 heteroatoms. The number of hydrogen-bond donors (Lipinski definition) is 1. The number of likely N-dealkylation sites (N-methyl/N-ethyl adjacent to an activating group) is 1. The Bertz CT molecular complexity index is 711. The fourth-order valence-corrected chi connectivity index (χ4v) is 5.11. The third kappa shape index (κ3) is 5.19. The Morgan fingerprint density at radius 1 is 0.966 bits per heavy atom. The molecule has 2 N–H and O–H groups in total. The Kier molecular flexibility index (Phi) is 7.36. The highest BCUT2D eigenvalue weighted by Crippen LogP contribution is 2.34. The average Bonchev–Trinajstić information content (AvgIpc) is 2.72. The van der Waals surface area contributed by atoms with Gasteiger partial charge in [-0.15, -0.1) is 0 Å². The fraction of sp³-hybridized carbons (Fsp3) is 0.708. The van der Waals surface area contributed by atoms with E-state index in [2.05, 4.69) is 54.5 Å². The Balaban J connectivity index is 1.71. The Labute approximate surface area is 177 Å². The average molecular weight is 401 g/mol.